The van der Waals surface area contributed by atoms with Gasteiger partial charge in [-0.25, -0.2) is 0 Å². The molecule has 0 unspecified atom stereocenters. The zero-order valence-electron chi connectivity index (χ0n) is 48.2. The van der Waals surface area contributed by atoms with Crippen LogP contribution in [0.1, 0.15) is 0 Å². The van der Waals surface area contributed by atoms with E-state index in [2.05, 4.69) is 54.6 Å². The third-order valence-electron chi connectivity index (χ3n) is 13.6. The molecular formula is C66H60O12S6. The molecule has 0 saturated carbocycles. The number of hydrogen-bond donors (Lipinski definition) is 0. The van der Waals surface area contributed by atoms with Crippen molar-refractivity contribution in [1.29, 1.82) is 0 Å². The van der Waals surface area contributed by atoms with Crippen LogP contribution >= 0.6 is 70.6 Å². The summed E-state index contributed by atoms with van der Waals surface area (Å²) in [5.74, 6) is 7.71. The SMILES string of the molecule is COc1cc2c(OC)cc1Sc1cccc(c1)Sc1cc(OC)c(cc1OC)-c1cc(OC)c(cc1OC)Sc1cccc(c1)Sc1cc(OC)c(cc1OC)-c1cc(OC)c(cc1OC)Sc1cccc(c1)Sc1cc(OC)c-2cc1OC. The molecular weight excluding hydrogens is 1180 g/mol. The molecule has 12 nitrogen and oxygen atoms in total. The zero-order valence-corrected chi connectivity index (χ0v) is 53.1. The molecule has 12 heterocycles. The van der Waals surface area contributed by atoms with Gasteiger partial charge in [0.15, 0.2) is 0 Å². The van der Waals surface area contributed by atoms with Gasteiger partial charge < -0.3 is 56.8 Å². The van der Waals surface area contributed by atoms with E-state index in [1.54, 1.807) is 156 Å². The smallest absolute Gasteiger partial charge is 0.133 e. The Hall–Kier alpha value is -7.32. The highest BCUT2D eigenvalue weighted by Crippen LogP contribution is 2.54. The van der Waals surface area contributed by atoms with Gasteiger partial charge in [-0.3, -0.25) is 0 Å². The number of benzene rings is 9. The van der Waals surface area contributed by atoms with Gasteiger partial charge in [-0.05, 0) is 127 Å². The fourth-order valence-corrected chi connectivity index (χ4v) is 15.7. The maximum atomic E-state index is 6.13. The first-order chi connectivity index (χ1) is 41.0. The summed E-state index contributed by atoms with van der Waals surface area (Å²) in [5.41, 5.74) is 4.62. The molecule has 0 aliphatic carbocycles. The Bertz CT molecular complexity index is 3260. The van der Waals surface area contributed by atoms with Crippen LogP contribution in [0.2, 0.25) is 0 Å². The molecule has 18 bridgehead atoms. The average Bonchev–Trinajstić information content (AvgIpc) is 3.72. The lowest BCUT2D eigenvalue weighted by Gasteiger charge is -2.19. The molecule has 0 aromatic heterocycles. The summed E-state index contributed by atoms with van der Waals surface area (Å²) in [6.07, 6.45) is 0. The Labute approximate surface area is 515 Å². The molecule has 0 saturated heterocycles. The van der Waals surface area contributed by atoms with E-state index >= 15 is 0 Å². The van der Waals surface area contributed by atoms with Crippen molar-refractivity contribution in [2.24, 2.45) is 0 Å². The maximum Gasteiger partial charge on any atom is 0.133 e. The predicted octanol–water partition coefficient (Wildman–Crippen LogP) is 18.0. The predicted molar refractivity (Wildman–Crippen MR) is 338 cm³/mol. The molecule has 21 rings (SSSR count). The molecule has 0 atom stereocenters. The maximum absolute atomic E-state index is 6.13. The van der Waals surface area contributed by atoms with Crippen molar-refractivity contribution in [1.82, 2.24) is 0 Å². The van der Waals surface area contributed by atoms with Crippen molar-refractivity contribution in [2.45, 2.75) is 58.7 Å². The van der Waals surface area contributed by atoms with Crippen LogP contribution in [0, 0.1) is 0 Å². The second kappa shape index (κ2) is 27.2. The molecule has 12 aliphatic heterocycles. The summed E-state index contributed by atoms with van der Waals surface area (Å²) in [4.78, 5) is 11.1. The first kappa shape index (κ1) is 59.8. The highest BCUT2D eigenvalue weighted by molar-refractivity contribution is 8.01. The van der Waals surface area contributed by atoms with E-state index in [-0.39, 0.29) is 0 Å². The van der Waals surface area contributed by atoms with Gasteiger partial charge in [0.1, 0.15) is 69.0 Å². The zero-order chi connectivity index (χ0) is 59.0. The molecule has 12 aliphatic rings. The van der Waals surface area contributed by atoms with Crippen LogP contribution in [0.25, 0.3) is 33.4 Å². The van der Waals surface area contributed by atoms with Crippen molar-refractivity contribution in [3.63, 3.8) is 0 Å². The van der Waals surface area contributed by atoms with Crippen molar-refractivity contribution in [3.05, 3.63) is 146 Å². The van der Waals surface area contributed by atoms with Crippen LogP contribution < -0.4 is 56.8 Å². The summed E-state index contributed by atoms with van der Waals surface area (Å²) in [6, 6.07) is 48.8. The number of ether oxygens (including phenoxy) is 12. The fourth-order valence-electron chi connectivity index (χ4n) is 9.53. The molecule has 9 aromatic carbocycles. The van der Waals surface area contributed by atoms with Crippen LogP contribution in [0.3, 0.4) is 0 Å². The molecule has 0 radical (unpaired) electrons. The van der Waals surface area contributed by atoms with E-state index in [1.807, 2.05) is 91.0 Å². The van der Waals surface area contributed by atoms with E-state index in [9.17, 15) is 0 Å². The molecule has 18 heteroatoms. The Morgan fingerprint density at radius 1 is 0.179 bits per heavy atom. The van der Waals surface area contributed by atoms with Gasteiger partial charge in [-0.2, -0.15) is 0 Å². The minimum atomic E-state index is 0.629. The molecule has 9 aromatic rings. The second-order valence-electron chi connectivity index (χ2n) is 18.3. The Kier molecular flexibility index (Phi) is 19.3. The van der Waals surface area contributed by atoms with Gasteiger partial charge in [0.25, 0.3) is 0 Å². The van der Waals surface area contributed by atoms with E-state index in [4.69, 9.17) is 56.8 Å². The lowest BCUT2D eigenvalue weighted by Crippen LogP contribution is -1.97. The topological polar surface area (TPSA) is 111 Å². The second-order valence-corrected chi connectivity index (χ2v) is 24.9. The molecule has 0 amide bonds. The lowest BCUT2D eigenvalue weighted by molar-refractivity contribution is 0.391. The number of rotatable bonds is 12. The third-order valence-corrected chi connectivity index (χ3v) is 19.7. The van der Waals surface area contributed by atoms with Gasteiger partial charge in [-0.1, -0.05) is 88.8 Å². The average molecular weight is 1240 g/mol. The first-order valence-electron chi connectivity index (χ1n) is 25.9. The minimum Gasteiger partial charge on any atom is -0.496 e. The van der Waals surface area contributed by atoms with Gasteiger partial charge >= 0.3 is 0 Å². The quantitative estimate of drug-likeness (QED) is 0.116. The van der Waals surface area contributed by atoms with Crippen molar-refractivity contribution >= 4 is 70.6 Å². The van der Waals surface area contributed by atoms with Crippen molar-refractivity contribution in [2.75, 3.05) is 85.3 Å². The largest absolute Gasteiger partial charge is 0.496 e. The molecule has 0 spiro atoms. The molecule has 84 heavy (non-hydrogen) atoms. The van der Waals surface area contributed by atoms with Crippen LogP contribution in [0.5, 0.6) is 69.0 Å². The van der Waals surface area contributed by atoms with Crippen LogP contribution in [-0.2, 0) is 0 Å². The highest BCUT2D eigenvalue weighted by atomic mass is 32.2. The van der Waals surface area contributed by atoms with E-state index in [0.717, 1.165) is 92.1 Å². The van der Waals surface area contributed by atoms with Gasteiger partial charge in [0, 0.05) is 62.8 Å². The molecule has 0 N–H and O–H groups in total. The van der Waals surface area contributed by atoms with Crippen molar-refractivity contribution in [3.8, 4) is 102 Å². The van der Waals surface area contributed by atoms with Crippen molar-refractivity contribution < 1.29 is 56.8 Å². The monoisotopic (exact) mass is 1240 g/mol. The third kappa shape index (κ3) is 12.7. The summed E-state index contributed by atoms with van der Waals surface area (Å²) in [5, 5.41) is 0. The summed E-state index contributed by atoms with van der Waals surface area (Å²) >= 11 is 9.41. The van der Waals surface area contributed by atoms with Crippen LogP contribution in [0.4, 0.5) is 0 Å². The van der Waals surface area contributed by atoms with Gasteiger partial charge in [0.2, 0.25) is 0 Å². The Balaban J connectivity index is 1.10. The minimum absolute atomic E-state index is 0.629. The summed E-state index contributed by atoms with van der Waals surface area (Å²) in [7, 11) is 20.0. The fraction of sp³-hybridized carbons (Fsp3) is 0.182. The standard InChI is InChI=1S/C66H60O12S6/c1-67-49-31-61-55(73-7)25-43(49)44-26-56(74-8)62(32-50(44)68-2)80-39-18-14-19-40(23-39)82-64-34-52(70-4)47(29-58(64)76-10)48-30-60(78-12)66(36-54(48)72-6)84-42-21-15-20-41(24-42)83-65-35-53(71-5)46(28-59(65)77-11)45-27-57(75-9)63(33-51(45)69-3)81-38-17-13-16-37(22-38)79-61/h13-36H,1-12H3. The van der Waals surface area contributed by atoms with E-state index in [1.165, 1.54) is 0 Å². The lowest BCUT2D eigenvalue weighted by atomic mass is 10.0. The number of hydrogen-bond acceptors (Lipinski definition) is 18. The van der Waals surface area contributed by atoms with Gasteiger partial charge in [0.05, 0.1) is 115 Å². The van der Waals surface area contributed by atoms with E-state index in [0.29, 0.717) is 69.0 Å². The normalized spacial score (nSPS) is 12.0. The Morgan fingerprint density at radius 3 is 0.452 bits per heavy atom. The Morgan fingerprint density at radius 2 is 0.321 bits per heavy atom. The van der Waals surface area contributed by atoms with Crippen LogP contribution in [-0.4, -0.2) is 85.3 Å². The molecule has 432 valence electrons. The summed E-state index contributed by atoms with van der Waals surface area (Å²) in [6.45, 7) is 0. The first-order valence-corrected chi connectivity index (χ1v) is 30.8. The number of methoxy groups -OCH3 is 12. The van der Waals surface area contributed by atoms with Gasteiger partial charge in [-0.15, -0.1) is 0 Å². The highest BCUT2D eigenvalue weighted by Gasteiger charge is 2.25. The van der Waals surface area contributed by atoms with E-state index < -0.39 is 0 Å². The summed E-state index contributed by atoms with van der Waals surface area (Å²) < 4.78 is 73.4. The van der Waals surface area contributed by atoms with Crippen LogP contribution in [0.15, 0.2) is 204 Å². The molecule has 0 fully saturated rings.